The summed E-state index contributed by atoms with van der Waals surface area (Å²) >= 11 is 0. The van der Waals surface area contributed by atoms with Crippen molar-refractivity contribution in [3.63, 3.8) is 0 Å². The van der Waals surface area contributed by atoms with E-state index in [1.165, 1.54) is 18.7 Å². The van der Waals surface area contributed by atoms with E-state index in [1.54, 1.807) is 24.3 Å². The van der Waals surface area contributed by atoms with Crippen molar-refractivity contribution in [2.24, 2.45) is 5.92 Å². The lowest BCUT2D eigenvalue weighted by Gasteiger charge is -2.32. The molecule has 1 unspecified atom stereocenters. The topological polar surface area (TPSA) is 69.7 Å². The number of anilines is 2. The van der Waals surface area contributed by atoms with E-state index in [0.29, 0.717) is 17.3 Å². The number of piperidine rings is 1. The first-order chi connectivity index (χ1) is 11.4. The summed E-state index contributed by atoms with van der Waals surface area (Å²) in [5.74, 6) is 0.0755. The predicted octanol–water partition coefficient (Wildman–Crippen LogP) is 2.26. The minimum Gasteiger partial charge on any atom is -0.341 e. The van der Waals surface area contributed by atoms with Crippen LogP contribution in [0, 0.1) is 5.92 Å². The third-order valence-corrected chi connectivity index (χ3v) is 4.16. The Balaban J connectivity index is 2.13. The monoisotopic (exact) mass is 331 g/mol. The molecule has 130 valence electrons. The number of nitrogens with zero attached hydrogens (tertiary/aromatic N) is 2. The number of benzene rings is 1. The van der Waals surface area contributed by atoms with E-state index in [1.807, 2.05) is 4.90 Å². The van der Waals surface area contributed by atoms with Crippen LogP contribution in [0.2, 0.25) is 0 Å². The lowest BCUT2D eigenvalue weighted by molar-refractivity contribution is -0.132. The molecule has 0 radical (unpaired) electrons. The van der Waals surface area contributed by atoms with Crippen LogP contribution in [0.25, 0.3) is 0 Å². The number of nitrogens with one attached hydrogen (secondary N) is 1. The van der Waals surface area contributed by atoms with Gasteiger partial charge in [-0.3, -0.25) is 14.4 Å². The fourth-order valence-electron chi connectivity index (χ4n) is 2.99. The van der Waals surface area contributed by atoms with Crippen molar-refractivity contribution in [2.75, 3.05) is 29.9 Å². The van der Waals surface area contributed by atoms with E-state index < -0.39 is 0 Å². The molecule has 1 N–H and O–H groups in total. The minimum absolute atomic E-state index is 0.0194. The van der Waals surface area contributed by atoms with E-state index >= 15 is 0 Å². The Labute approximate surface area is 142 Å². The van der Waals surface area contributed by atoms with Gasteiger partial charge in [0.15, 0.2) is 0 Å². The third-order valence-electron chi connectivity index (χ3n) is 4.16. The van der Waals surface area contributed by atoms with Gasteiger partial charge in [-0.1, -0.05) is 13.0 Å². The van der Waals surface area contributed by atoms with Crippen LogP contribution in [0.1, 0.15) is 33.6 Å². The van der Waals surface area contributed by atoms with Crippen molar-refractivity contribution in [3.05, 3.63) is 24.3 Å². The molecular weight excluding hydrogens is 306 g/mol. The summed E-state index contributed by atoms with van der Waals surface area (Å²) in [5.41, 5.74) is 1.21. The molecule has 0 aliphatic carbocycles. The average Bonchev–Trinajstić information content (AvgIpc) is 2.51. The van der Waals surface area contributed by atoms with Crippen LogP contribution in [0.4, 0.5) is 11.4 Å². The number of amides is 3. The highest BCUT2D eigenvalue weighted by atomic mass is 16.2. The van der Waals surface area contributed by atoms with Crippen molar-refractivity contribution < 1.29 is 14.4 Å². The highest BCUT2D eigenvalue weighted by molar-refractivity contribution is 5.98. The second-order valence-corrected chi connectivity index (χ2v) is 6.42. The molecule has 1 aliphatic rings. The summed E-state index contributed by atoms with van der Waals surface area (Å²) in [4.78, 5) is 39.1. The molecule has 1 atom stereocenters. The van der Waals surface area contributed by atoms with Crippen molar-refractivity contribution in [2.45, 2.75) is 33.6 Å². The average molecular weight is 331 g/mol. The maximum atomic E-state index is 12.6. The van der Waals surface area contributed by atoms with Crippen molar-refractivity contribution in [1.82, 2.24) is 4.90 Å². The maximum Gasteiger partial charge on any atom is 0.242 e. The smallest absolute Gasteiger partial charge is 0.242 e. The second-order valence-electron chi connectivity index (χ2n) is 6.42. The van der Waals surface area contributed by atoms with Gasteiger partial charge in [0.05, 0.1) is 0 Å². The Morgan fingerprint density at radius 2 is 2.04 bits per heavy atom. The Morgan fingerprint density at radius 1 is 1.29 bits per heavy atom. The largest absolute Gasteiger partial charge is 0.341 e. The molecule has 0 aromatic heterocycles. The summed E-state index contributed by atoms with van der Waals surface area (Å²) < 4.78 is 0. The van der Waals surface area contributed by atoms with Crippen LogP contribution >= 0.6 is 0 Å². The lowest BCUT2D eigenvalue weighted by Crippen LogP contribution is -2.46. The summed E-state index contributed by atoms with van der Waals surface area (Å²) in [7, 11) is 0. The molecule has 6 nitrogen and oxygen atoms in total. The number of carbonyl (C=O) groups is 3. The Morgan fingerprint density at radius 3 is 2.67 bits per heavy atom. The van der Waals surface area contributed by atoms with Crippen LogP contribution in [0.5, 0.6) is 0 Å². The summed E-state index contributed by atoms with van der Waals surface area (Å²) in [6, 6.07) is 6.97. The second kappa shape index (κ2) is 7.95. The van der Waals surface area contributed by atoms with Gasteiger partial charge < -0.3 is 15.1 Å². The zero-order valence-electron chi connectivity index (χ0n) is 14.5. The fourth-order valence-corrected chi connectivity index (χ4v) is 2.99. The first-order valence-corrected chi connectivity index (χ1v) is 8.30. The van der Waals surface area contributed by atoms with Gasteiger partial charge in [-0.2, -0.15) is 0 Å². The molecule has 1 aromatic carbocycles. The number of rotatable bonds is 4. The highest BCUT2D eigenvalue weighted by Gasteiger charge is 2.24. The van der Waals surface area contributed by atoms with E-state index in [0.717, 1.165) is 25.9 Å². The van der Waals surface area contributed by atoms with Gasteiger partial charge in [0.25, 0.3) is 0 Å². The SMILES string of the molecule is CC(=O)Nc1cccc(N(CC(=O)N2CCCC(C)C2)C(C)=O)c1. The van der Waals surface area contributed by atoms with Crippen LogP contribution in [-0.2, 0) is 14.4 Å². The van der Waals surface area contributed by atoms with Crippen molar-refractivity contribution in [3.8, 4) is 0 Å². The Bertz CT molecular complexity index is 630. The first-order valence-electron chi connectivity index (χ1n) is 8.30. The van der Waals surface area contributed by atoms with E-state index in [4.69, 9.17) is 0 Å². The highest BCUT2D eigenvalue weighted by Crippen LogP contribution is 2.21. The van der Waals surface area contributed by atoms with Gasteiger partial charge in [-0.15, -0.1) is 0 Å². The molecule has 24 heavy (non-hydrogen) atoms. The van der Waals surface area contributed by atoms with E-state index in [-0.39, 0.29) is 24.3 Å². The molecule has 1 saturated heterocycles. The van der Waals surface area contributed by atoms with Crippen LogP contribution in [-0.4, -0.2) is 42.3 Å². The summed E-state index contributed by atoms with van der Waals surface area (Å²) in [6.45, 7) is 6.52. The number of likely N-dealkylation sites (tertiary alicyclic amines) is 1. The van der Waals surface area contributed by atoms with Gasteiger partial charge in [0.2, 0.25) is 17.7 Å². The molecule has 1 fully saturated rings. The molecule has 1 heterocycles. The first kappa shape index (κ1) is 18.0. The maximum absolute atomic E-state index is 12.6. The molecule has 0 bridgehead atoms. The van der Waals surface area contributed by atoms with E-state index in [2.05, 4.69) is 12.2 Å². The standard InChI is InChI=1S/C18H25N3O3/c1-13-6-5-9-20(11-13)18(24)12-21(15(3)23)17-8-4-7-16(10-17)19-14(2)22/h4,7-8,10,13H,5-6,9,11-12H2,1-3H3,(H,19,22). The van der Waals surface area contributed by atoms with Crippen LogP contribution in [0.15, 0.2) is 24.3 Å². The molecule has 3 amide bonds. The van der Waals surface area contributed by atoms with Gasteiger partial charge in [-0.25, -0.2) is 0 Å². The quantitative estimate of drug-likeness (QED) is 0.920. The zero-order valence-corrected chi connectivity index (χ0v) is 14.5. The van der Waals surface area contributed by atoms with Gasteiger partial charge in [0.1, 0.15) is 6.54 Å². The Hall–Kier alpha value is -2.37. The zero-order chi connectivity index (χ0) is 17.7. The molecule has 0 saturated carbocycles. The molecule has 0 spiro atoms. The molecule has 1 aliphatic heterocycles. The molecule has 1 aromatic rings. The molecule has 6 heteroatoms. The van der Waals surface area contributed by atoms with E-state index in [9.17, 15) is 14.4 Å². The molecular formula is C18H25N3O3. The van der Waals surface area contributed by atoms with Crippen molar-refractivity contribution >= 4 is 29.1 Å². The fraction of sp³-hybridized carbons (Fsp3) is 0.500. The van der Waals surface area contributed by atoms with Crippen LogP contribution in [0.3, 0.4) is 0 Å². The van der Waals surface area contributed by atoms with Gasteiger partial charge >= 0.3 is 0 Å². The van der Waals surface area contributed by atoms with Crippen molar-refractivity contribution in [1.29, 1.82) is 0 Å². The minimum atomic E-state index is -0.201. The predicted molar refractivity (Wildman–Crippen MR) is 93.8 cm³/mol. The number of hydrogen-bond acceptors (Lipinski definition) is 3. The lowest BCUT2D eigenvalue weighted by atomic mass is 10.0. The number of hydrogen-bond donors (Lipinski definition) is 1. The number of carbonyl (C=O) groups excluding carboxylic acids is 3. The third kappa shape index (κ3) is 4.81. The summed E-state index contributed by atoms with van der Waals surface area (Å²) in [6.07, 6.45) is 2.14. The normalized spacial score (nSPS) is 17.3. The van der Waals surface area contributed by atoms with Gasteiger partial charge in [-0.05, 0) is 37.0 Å². The van der Waals surface area contributed by atoms with Crippen LogP contribution < -0.4 is 10.2 Å². The molecule has 2 rings (SSSR count). The van der Waals surface area contributed by atoms with Gasteiger partial charge in [0, 0.05) is 38.3 Å². The summed E-state index contributed by atoms with van der Waals surface area (Å²) in [5, 5.41) is 2.69. The Kier molecular flexibility index (Phi) is 5.95.